The summed E-state index contributed by atoms with van der Waals surface area (Å²) >= 11 is 0. The molecule has 1 N–H and O–H groups in total. The standard InChI is InChI=1S/C21H20N2O4/c1-13-6-8-15(9-7-13)22-11-14(10-19(22)24)20(25)23-12-17(21(26)27)16-4-2-3-5-18(16)23/h2-9,14,17H,10-12H2,1H3,(H,26,27). The van der Waals surface area contributed by atoms with Crippen LogP contribution in [-0.2, 0) is 14.4 Å². The van der Waals surface area contributed by atoms with Gasteiger partial charge in [0.05, 0.1) is 5.92 Å². The van der Waals surface area contributed by atoms with E-state index in [2.05, 4.69) is 0 Å². The average Bonchev–Trinajstić information content (AvgIpc) is 3.23. The molecule has 27 heavy (non-hydrogen) atoms. The molecule has 4 rings (SSSR count). The third-order valence-corrected chi connectivity index (χ3v) is 5.35. The Morgan fingerprint density at radius 2 is 1.74 bits per heavy atom. The number of aryl methyl sites for hydroxylation is 1. The molecule has 2 aromatic carbocycles. The van der Waals surface area contributed by atoms with Crippen molar-refractivity contribution in [3.05, 3.63) is 59.7 Å². The maximum absolute atomic E-state index is 13.1. The van der Waals surface area contributed by atoms with Crippen LogP contribution in [0.25, 0.3) is 0 Å². The number of hydrogen-bond donors (Lipinski definition) is 1. The molecule has 138 valence electrons. The first kappa shape index (κ1) is 17.3. The molecule has 0 saturated carbocycles. The van der Waals surface area contributed by atoms with Crippen molar-refractivity contribution in [1.29, 1.82) is 0 Å². The lowest BCUT2D eigenvalue weighted by atomic mass is 10.0. The zero-order valence-corrected chi connectivity index (χ0v) is 15.0. The predicted molar refractivity (Wildman–Crippen MR) is 101 cm³/mol. The Labute approximate surface area is 157 Å². The van der Waals surface area contributed by atoms with Gasteiger partial charge in [-0.1, -0.05) is 35.9 Å². The van der Waals surface area contributed by atoms with Crippen LogP contribution in [0.2, 0.25) is 0 Å². The summed E-state index contributed by atoms with van der Waals surface area (Å²) in [6.07, 6.45) is 0.142. The van der Waals surface area contributed by atoms with Gasteiger partial charge in [-0.2, -0.15) is 0 Å². The number of carbonyl (C=O) groups is 3. The van der Waals surface area contributed by atoms with E-state index in [0.29, 0.717) is 17.8 Å². The Morgan fingerprint density at radius 1 is 1.04 bits per heavy atom. The van der Waals surface area contributed by atoms with Crippen LogP contribution >= 0.6 is 0 Å². The van der Waals surface area contributed by atoms with Gasteiger partial charge in [0.2, 0.25) is 11.8 Å². The van der Waals surface area contributed by atoms with Crippen LogP contribution in [0, 0.1) is 12.8 Å². The lowest BCUT2D eigenvalue weighted by Crippen LogP contribution is -2.37. The van der Waals surface area contributed by atoms with E-state index >= 15 is 0 Å². The number of benzene rings is 2. The lowest BCUT2D eigenvalue weighted by Gasteiger charge is -2.22. The summed E-state index contributed by atoms with van der Waals surface area (Å²) in [5, 5.41) is 9.48. The van der Waals surface area contributed by atoms with Crippen molar-refractivity contribution in [2.75, 3.05) is 22.9 Å². The molecule has 0 aliphatic carbocycles. The molecule has 0 radical (unpaired) electrons. The van der Waals surface area contributed by atoms with Crippen molar-refractivity contribution in [2.24, 2.45) is 5.92 Å². The molecule has 6 nitrogen and oxygen atoms in total. The Hall–Kier alpha value is -3.15. The van der Waals surface area contributed by atoms with Crippen molar-refractivity contribution in [3.8, 4) is 0 Å². The highest BCUT2D eigenvalue weighted by atomic mass is 16.4. The fourth-order valence-electron chi connectivity index (χ4n) is 3.89. The number of anilines is 2. The topological polar surface area (TPSA) is 77.9 Å². The normalized spacial score (nSPS) is 21.4. The molecule has 0 bridgehead atoms. The van der Waals surface area contributed by atoms with Gasteiger partial charge < -0.3 is 14.9 Å². The van der Waals surface area contributed by atoms with Gasteiger partial charge in [0.25, 0.3) is 0 Å². The van der Waals surface area contributed by atoms with Gasteiger partial charge in [0.15, 0.2) is 0 Å². The van der Waals surface area contributed by atoms with Crippen LogP contribution in [0.15, 0.2) is 48.5 Å². The summed E-state index contributed by atoms with van der Waals surface area (Å²) < 4.78 is 0. The van der Waals surface area contributed by atoms with Crippen LogP contribution < -0.4 is 9.80 Å². The van der Waals surface area contributed by atoms with Gasteiger partial charge >= 0.3 is 5.97 Å². The molecular formula is C21H20N2O4. The monoisotopic (exact) mass is 364 g/mol. The molecule has 1 fully saturated rings. The molecule has 2 atom stereocenters. The Bertz CT molecular complexity index is 922. The molecule has 0 aromatic heterocycles. The SMILES string of the molecule is Cc1ccc(N2CC(C(=O)N3CC(C(=O)O)c4ccccc43)CC2=O)cc1. The van der Waals surface area contributed by atoms with Gasteiger partial charge in [-0.25, -0.2) is 0 Å². The Morgan fingerprint density at radius 3 is 2.44 bits per heavy atom. The number of aliphatic carboxylic acids is 1. The number of rotatable bonds is 3. The summed E-state index contributed by atoms with van der Waals surface area (Å²) in [6.45, 7) is 2.41. The van der Waals surface area contributed by atoms with E-state index in [9.17, 15) is 19.5 Å². The number of fused-ring (bicyclic) bond motifs is 1. The van der Waals surface area contributed by atoms with Crippen LogP contribution in [0.1, 0.15) is 23.5 Å². The first-order chi connectivity index (χ1) is 13.0. The minimum absolute atomic E-state index is 0.0838. The highest BCUT2D eigenvalue weighted by Gasteiger charge is 2.42. The summed E-state index contributed by atoms with van der Waals surface area (Å²) in [5.74, 6) is -2.41. The lowest BCUT2D eigenvalue weighted by molar-refractivity contribution is -0.138. The first-order valence-corrected chi connectivity index (χ1v) is 8.96. The number of carboxylic acid groups (broad SMARTS) is 1. The van der Waals surface area contributed by atoms with Crippen LogP contribution in [0.3, 0.4) is 0 Å². The van der Waals surface area contributed by atoms with Gasteiger partial charge in [-0.3, -0.25) is 14.4 Å². The fraction of sp³-hybridized carbons (Fsp3) is 0.286. The largest absolute Gasteiger partial charge is 0.481 e. The maximum Gasteiger partial charge on any atom is 0.312 e. The third-order valence-electron chi connectivity index (χ3n) is 5.35. The number of carbonyl (C=O) groups excluding carboxylic acids is 2. The van der Waals surface area contributed by atoms with Crippen molar-refractivity contribution in [3.63, 3.8) is 0 Å². The van der Waals surface area contributed by atoms with Crippen molar-refractivity contribution >= 4 is 29.2 Å². The Kier molecular flexibility index (Phi) is 4.18. The fourth-order valence-corrected chi connectivity index (χ4v) is 3.89. The van der Waals surface area contributed by atoms with E-state index in [1.807, 2.05) is 31.2 Å². The number of nitrogens with zero attached hydrogens (tertiary/aromatic N) is 2. The van der Waals surface area contributed by atoms with E-state index < -0.39 is 17.8 Å². The molecule has 0 spiro atoms. The zero-order valence-electron chi connectivity index (χ0n) is 15.0. The quantitative estimate of drug-likeness (QED) is 0.908. The van der Waals surface area contributed by atoms with E-state index in [1.165, 1.54) is 4.90 Å². The Balaban J connectivity index is 1.56. The minimum atomic E-state index is -0.943. The van der Waals surface area contributed by atoms with Crippen molar-refractivity contribution in [1.82, 2.24) is 0 Å². The summed E-state index contributed by atoms with van der Waals surface area (Å²) in [7, 11) is 0. The predicted octanol–water partition coefficient (Wildman–Crippen LogP) is 2.56. The van der Waals surface area contributed by atoms with E-state index in [-0.39, 0.29) is 24.8 Å². The molecule has 2 aromatic rings. The summed E-state index contributed by atoms with van der Waals surface area (Å²) in [5.41, 5.74) is 3.17. The molecule has 2 heterocycles. The van der Waals surface area contributed by atoms with Crippen molar-refractivity contribution in [2.45, 2.75) is 19.3 Å². The van der Waals surface area contributed by atoms with E-state index in [1.54, 1.807) is 29.2 Å². The second-order valence-corrected chi connectivity index (χ2v) is 7.14. The first-order valence-electron chi connectivity index (χ1n) is 8.96. The highest BCUT2D eigenvalue weighted by molar-refractivity contribution is 6.06. The number of carboxylic acids is 1. The van der Waals surface area contributed by atoms with Gasteiger partial charge in [0.1, 0.15) is 5.92 Å². The minimum Gasteiger partial charge on any atom is -0.481 e. The van der Waals surface area contributed by atoms with Crippen LogP contribution in [0.4, 0.5) is 11.4 Å². The number of para-hydroxylation sites is 1. The number of hydrogen-bond acceptors (Lipinski definition) is 3. The van der Waals surface area contributed by atoms with Gasteiger partial charge in [-0.15, -0.1) is 0 Å². The second-order valence-electron chi connectivity index (χ2n) is 7.14. The van der Waals surface area contributed by atoms with Gasteiger partial charge in [0, 0.05) is 30.9 Å². The number of amides is 2. The van der Waals surface area contributed by atoms with Crippen LogP contribution in [-0.4, -0.2) is 36.0 Å². The van der Waals surface area contributed by atoms with Crippen LogP contribution in [0.5, 0.6) is 0 Å². The average molecular weight is 364 g/mol. The third kappa shape index (κ3) is 2.97. The summed E-state index contributed by atoms with van der Waals surface area (Å²) in [6, 6.07) is 14.7. The maximum atomic E-state index is 13.1. The van der Waals surface area contributed by atoms with E-state index in [4.69, 9.17) is 0 Å². The molecule has 6 heteroatoms. The zero-order chi connectivity index (χ0) is 19.1. The molecule has 2 aliphatic heterocycles. The molecular weight excluding hydrogens is 344 g/mol. The van der Waals surface area contributed by atoms with Gasteiger partial charge in [-0.05, 0) is 30.7 Å². The highest BCUT2D eigenvalue weighted by Crippen LogP contribution is 2.38. The molecule has 2 unspecified atom stereocenters. The summed E-state index contributed by atoms with van der Waals surface area (Å²) in [4.78, 5) is 40.3. The van der Waals surface area contributed by atoms with E-state index in [0.717, 1.165) is 11.3 Å². The molecule has 2 aliphatic rings. The molecule has 2 amide bonds. The smallest absolute Gasteiger partial charge is 0.312 e. The van der Waals surface area contributed by atoms with Crippen molar-refractivity contribution < 1.29 is 19.5 Å². The second kappa shape index (κ2) is 6.54. The molecule has 1 saturated heterocycles.